The Morgan fingerprint density at radius 2 is 1.43 bits per heavy atom. The number of hydrogen-bond acceptors (Lipinski definition) is 2. The number of alkyl halides is 2. The van der Waals surface area contributed by atoms with E-state index in [4.69, 9.17) is 34.8 Å². The lowest BCUT2D eigenvalue weighted by atomic mass is 10.0. The highest BCUT2D eigenvalue weighted by molar-refractivity contribution is 6.63. The highest BCUT2D eigenvalue weighted by Gasteiger charge is 2.05. The van der Waals surface area contributed by atoms with E-state index in [1.54, 1.807) is 0 Å². The third kappa shape index (κ3) is 9.44. The summed E-state index contributed by atoms with van der Waals surface area (Å²) in [6.45, 7) is 1.64. The van der Waals surface area contributed by atoms with Gasteiger partial charge in [0.1, 0.15) is 0 Å². The Hall–Kier alpha value is -0.440. The molecule has 2 nitrogen and oxygen atoms in total. The molecule has 0 aromatic heterocycles. The second-order valence-electron chi connectivity index (χ2n) is 5.65. The molecular formula is C18H26Cl3NO. The Balaban J connectivity index is 2.26. The second kappa shape index (κ2) is 12.9. The van der Waals surface area contributed by atoms with Crippen molar-refractivity contribution >= 4 is 45.7 Å². The summed E-state index contributed by atoms with van der Waals surface area (Å²) in [7, 11) is 0. The molecule has 0 radical (unpaired) electrons. The standard InChI is InChI=1S/C18H26Cl3NO/c19-12-14-22(15-13-20)17-10-8-16(9-11-17)6-4-2-1-3-5-7-18(21)23/h8-11H,1-7,12-15H2. The SMILES string of the molecule is O=C(Cl)CCCCCCCc1ccc(N(CCCl)CCCl)cc1. The van der Waals surface area contributed by atoms with E-state index in [1.807, 2.05) is 0 Å². The third-order valence-electron chi connectivity index (χ3n) is 3.85. The van der Waals surface area contributed by atoms with Crippen molar-refractivity contribution in [2.45, 2.75) is 44.9 Å². The molecule has 0 bridgehead atoms. The van der Waals surface area contributed by atoms with Crippen molar-refractivity contribution in [3.63, 3.8) is 0 Å². The van der Waals surface area contributed by atoms with Gasteiger partial charge in [0.05, 0.1) is 0 Å². The molecule has 1 aromatic rings. The van der Waals surface area contributed by atoms with E-state index < -0.39 is 0 Å². The van der Waals surface area contributed by atoms with Gasteiger partial charge in [-0.05, 0) is 48.6 Å². The summed E-state index contributed by atoms with van der Waals surface area (Å²) in [5.74, 6) is 1.21. The van der Waals surface area contributed by atoms with Crippen LogP contribution in [0.2, 0.25) is 0 Å². The van der Waals surface area contributed by atoms with Crippen LogP contribution in [-0.4, -0.2) is 30.1 Å². The van der Waals surface area contributed by atoms with E-state index in [9.17, 15) is 4.79 Å². The predicted octanol–water partition coefficient (Wildman–Crippen LogP) is 5.62. The lowest BCUT2D eigenvalue weighted by molar-refractivity contribution is -0.111. The maximum atomic E-state index is 10.6. The van der Waals surface area contributed by atoms with Gasteiger partial charge in [0, 0.05) is 37.0 Å². The Bertz CT molecular complexity index is 430. The van der Waals surface area contributed by atoms with Gasteiger partial charge in [0.25, 0.3) is 0 Å². The molecule has 0 saturated heterocycles. The van der Waals surface area contributed by atoms with Crippen LogP contribution < -0.4 is 4.90 Å². The molecule has 23 heavy (non-hydrogen) atoms. The Labute approximate surface area is 155 Å². The number of rotatable bonds is 13. The van der Waals surface area contributed by atoms with Crippen LogP contribution in [0.5, 0.6) is 0 Å². The average molecular weight is 379 g/mol. The van der Waals surface area contributed by atoms with Gasteiger partial charge in [0.15, 0.2) is 0 Å². The zero-order valence-corrected chi connectivity index (χ0v) is 15.8. The molecule has 1 rings (SSSR count). The van der Waals surface area contributed by atoms with Crippen LogP contribution in [0.25, 0.3) is 0 Å². The van der Waals surface area contributed by atoms with Crippen LogP contribution in [0, 0.1) is 0 Å². The number of carbonyl (C=O) groups excluding carboxylic acids is 1. The molecule has 0 spiro atoms. The summed E-state index contributed by atoms with van der Waals surface area (Å²) in [4.78, 5) is 12.8. The first-order valence-corrected chi connectivity index (χ1v) is 9.76. The van der Waals surface area contributed by atoms with Gasteiger partial charge >= 0.3 is 0 Å². The molecule has 0 unspecified atom stereocenters. The molecule has 0 aliphatic rings. The minimum atomic E-state index is -0.220. The monoisotopic (exact) mass is 377 g/mol. The predicted molar refractivity (Wildman–Crippen MR) is 102 cm³/mol. The summed E-state index contributed by atoms with van der Waals surface area (Å²) in [6.07, 6.45) is 7.15. The molecular weight excluding hydrogens is 353 g/mol. The number of nitrogens with zero attached hydrogens (tertiary/aromatic N) is 1. The van der Waals surface area contributed by atoms with Gasteiger partial charge < -0.3 is 4.90 Å². The first kappa shape index (κ1) is 20.6. The number of unbranched alkanes of at least 4 members (excludes halogenated alkanes) is 4. The highest BCUT2D eigenvalue weighted by Crippen LogP contribution is 2.17. The van der Waals surface area contributed by atoms with Crippen LogP contribution in [-0.2, 0) is 11.2 Å². The molecule has 0 aliphatic heterocycles. The van der Waals surface area contributed by atoms with Crippen LogP contribution in [0.1, 0.15) is 44.1 Å². The van der Waals surface area contributed by atoms with Crippen molar-refractivity contribution in [1.29, 1.82) is 0 Å². The van der Waals surface area contributed by atoms with Crippen molar-refractivity contribution in [1.82, 2.24) is 0 Å². The molecule has 0 saturated carbocycles. The van der Waals surface area contributed by atoms with Gasteiger partial charge in [-0.1, -0.05) is 31.4 Å². The van der Waals surface area contributed by atoms with Crippen molar-refractivity contribution in [2.75, 3.05) is 29.7 Å². The molecule has 0 amide bonds. The molecule has 0 fully saturated rings. The van der Waals surface area contributed by atoms with Gasteiger partial charge in [-0.3, -0.25) is 4.79 Å². The van der Waals surface area contributed by atoms with Crippen LogP contribution in [0.3, 0.4) is 0 Å². The third-order valence-corrected chi connectivity index (χ3v) is 4.38. The number of aryl methyl sites for hydroxylation is 1. The van der Waals surface area contributed by atoms with E-state index in [1.165, 1.54) is 30.5 Å². The number of hydrogen-bond donors (Lipinski definition) is 0. The fraction of sp³-hybridized carbons (Fsp3) is 0.611. The van der Waals surface area contributed by atoms with Gasteiger partial charge in [-0.2, -0.15) is 0 Å². The fourth-order valence-electron chi connectivity index (χ4n) is 2.57. The molecule has 1 aromatic carbocycles. The molecule has 5 heteroatoms. The Morgan fingerprint density at radius 1 is 0.870 bits per heavy atom. The molecule has 0 aliphatic carbocycles. The Kier molecular flexibility index (Phi) is 11.6. The first-order chi connectivity index (χ1) is 11.2. The smallest absolute Gasteiger partial charge is 0.221 e. The largest absolute Gasteiger partial charge is 0.369 e. The number of carbonyl (C=O) groups is 1. The fourth-order valence-corrected chi connectivity index (χ4v) is 3.11. The van der Waals surface area contributed by atoms with E-state index in [0.29, 0.717) is 18.2 Å². The molecule has 0 heterocycles. The number of anilines is 1. The number of halogens is 3. The minimum absolute atomic E-state index is 0.220. The van der Waals surface area contributed by atoms with Gasteiger partial charge in [0.2, 0.25) is 5.24 Å². The summed E-state index contributed by atoms with van der Waals surface area (Å²) in [5, 5.41) is -0.220. The number of benzene rings is 1. The molecule has 0 N–H and O–H groups in total. The average Bonchev–Trinajstić information content (AvgIpc) is 2.54. The van der Waals surface area contributed by atoms with E-state index >= 15 is 0 Å². The molecule has 130 valence electrons. The quantitative estimate of drug-likeness (QED) is 0.252. The summed E-state index contributed by atoms with van der Waals surface area (Å²) < 4.78 is 0. The van der Waals surface area contributed by atoms with Crippen LogP contribution in [0.15, 0.2) is 24.3 Å². The normalized spacial score (nSPS) is 10.7. The topological polar surface area (TPSA) is 20.3 Å². The molecule has 0 atom stereocenters. The summed E-state index contributed by atoms with van der Waals surface area (Å²) in [5.41, 5.74) is 2.54. The van der Waals surface area contributed by atoms with Crippen molar-refractivity contribution in [3.8, 4) is 0 Å². The second-order valence-corrected chi connectivity index (χ2v) is 6.83. The maximum absolute atomic E-state index is 10.6. The van der Waals surface area contributed by atoms with E-state index in [0.717, 1.165) is 32.4 Å². The maximum Gasteiger partial charge on any atom is 0.221 e. The van der Waals surface area contributed by atoms with Crippen molar-refractivity contribution in [2.24, 2.45) is 0 Å². The lowest BCUT2D eigenvalue weighted by Gasteiger charge is -2.23. The van der Waals surface area contributed by atoms with Gasteiger partial charge in [-0.25, -0.2) is 0 Å². The Morgan fingerprint density at radius 3 is 2.00 bits per heavy atom. The lowest BCUT2D eigenvalue weighted by Crippen LogP contribution is -2.27. The highest BCUT2D eigenvalue weighted by atomic mass is 35.5. The van der Waals surface area contributed by atoms with Crippen LogP contribution >= 0.6 is 34.8 Å². The van der Waals surface area contributed by atoms with E-state index in [-0.39, 0.29) is 5.24 Å². The van der Waals surface area contributed by atoms with Crippen molar-refractivity contribution < 1.29 is 4.79 Å². The summed E-state index contributed by atoms with van der Waals surface area (Å²) in [6, 6.07) is 8.69. The first-order valence-electron chi connectivity index (χ1n) is 8.31. The van der Waals surface area contributed by atoms with Crippen molar-refractivity contribution in [3.05, 3.63) is 29.8 Å². The minimum Gasteiger partial charge on any atom is -0.369 e. The van der Waals surface area contributed by atoms with Crippen LogP contribution in [0.4, 0.5) is 5.69 Å². The van der Waals surface area contributed by atoms with Gasteiger partial charge in [-0.15, -0.1) is 23.2 Å². The zero-order valence-electron chi connectivity index (χ0n) is 13.6. The summed E-state index contributed by atoms with van der Waals surface area (Å²) >= 11 is 17.0. The van der Waals surface area contributed by atoms with E-state index in [2.05, 4.69) is 29.2 Å². The zero-order chi connectivity index (χ0) is 16.9.